The average Bonchev–Trinajstić information content (AvgIpc) is 3.80. The van der Waals surface area contributed by atoms with Crippen LogP contribution >= 0.6 is 0 Å². The molecule has 0 bridgehead atoms. The second kappa shape index (κ2) is 12.0. The molecule has 2 aromatic heterocycles. The van der Waals surface area contributed by atoms with Gasteiger partial charge in [-0.1, -0.05) is 65.0 Å². The third-order valence-corrected chi connectivity index (χ3v) is 8.66. The van der Waals surface area contributed by atoms with E-state index in [2.05, 4.69) is 22.0 Å². The second-order valence-corrected chi connectivity index (χ2v) is 12.3. The predicted molar refractivity (Wildman–Crippen MR) is 167 cm³/mol. The van der Waals surface area contributed by atoms with E-state index >= 15 is 0 Å². The quantitative estimate of drug-likeness (QED) is 0.169. The maximum Gasteiger partial charge on any atom is 0.249 e. The Morgan fingerprint density at radius 3 is 2.62 bits per heavy atom. The molecule has 4 atom stereocenters. The van der Waals surface area contributed by atoms with E-state index in [9.17, 15) is 14.7 Å². The van der Waals surface area contributed by atoms with E-state index < -0.39 is 23.8 Å². The summed E-state index contributed by atoms with van der Waals surface area (Å²) in [6.07, 6.45) is 1.86. The normalized spacial score (nSPS) is 19.3. The number of aromatic nitrogens is 2. The molecular weight excluding hydrogens is 574 g/mol. The van der Waals surface area contributed by atoms with Crippen LogP contribution in [0.15, 0.2) is 57.6 Å². The van der Waals surface area contributed by atoms with Gasteiger partial charge in [-0.25, -0.2) is 9.97 Å². The number of benzene rings is 2. The lowest BCUT2D eigenvalue weighted by atomic mass is 9.72. The smallest absolute Gasteiger partial charge is 0.249 e. The maximum absolute atomic E-state index is 12.4. The van der Waals surface area contributed by atoms with Crippen molar-refractivity contribution in [1.29, 1.82) is 0 Å². The molecule has 11 nitrogen and oxygen atoms in total. The molecule has 11 heteroatoms. The molecule has 0 radical (unpaired) electrons. The number of carbonyl (C=O) groups is 2. The lowest BCUT2D eigenvalue weighted by Gasteiger charge is -2.27. The standard InChI is InChI=1S/C34H39N5O6/c1-6-21-16-43-31(37-21)27-29(45-32(39-27)26(18(2)3)36-17-40)34-22-9-7-8-10-24(22)38-33(34)44-25-12-11-20(15-23(25)34)13-14-35-30(42)28(41)19(4)5/h7-12,15-19,26,28,33,38,41H,6,13-14H2,1-5H3,(H,35,42)(H,36,40). The van der Waals surface area contributed by atoms with Crippen LogP contribution in [-0.4, -0.2) is 46.3 Å². The monoisotopic (exact) mass is 613 g/mol. The van der Waals surface area contributed by atoms with Crippen molar-refractivity contribution in [2.45, 2.75) is 71.2 Å². The Kier molecular flexibility index (Phi) is 8.13. The number of hydrogen-bond acceptors (Lipinski definition) is 9. The zero-order chi connectivity index (χ0) is 31.9. The first-order chi connectivity index (χ1) is 21.7. The fourth-order valence-electron chi connectivity index (χ4n) is 6.20. The van der Waals surface area contributed by atoms with Gasteiger partial charge in [0.1, 0.15) is 29.6 Å². The summed E-state index contributed by atoms with van der Waals surface area (Å²) in [5.41, 5.74) is 3.90. The third-order valence-electron chi connectivity index (χ3n) is 8.66. The number of ether oxygens (including phenoxy) is 1. The number of aliphatic hydroxyl groups excluding tert-OH is 1. The maximum atomic E-state index is 12.4. The van der Waals surface area contributed by atoms with Crippen molar-refractivity contribution < 1.29 is 28.3 Å². The number of rotatable bonds is 12. The number of nitrogens with zero attached hydrogens (tertiary/aromatic N) is 2. The Bertz CT molecular complexity index is 1710. The summed E-state index contributed by atoms with van der Waals surface area (Å²) >= 11 is 0. The Balaban J connectivity index is 1.50. The molecule has 4 aromatic rings. The number of anilines is 1. The van der Waals surface area contributed by atoms with Gasteiger partial charge in [0.2, 0.25) is 24.1 Å². The number of para-hydroxylation sites is 1. The number of fused-ring (bicyclic) bond motifs is 5. The SMILES string of the molecule is CCc1coc(-c2nc(C(NC=O)C(C)C)oc2C23c4ccccc4NC2Oc2ccc(CCNC(=O)C(O)C(C)C)cc23)n1. The Hall–Kier alpha value is -4.64. The minimum Gasteiger partial charge on any atom is -0.469 e. The van der Waals surface area contributed by atoms with Crippen molar-refractivity contribution in [3.63, 3.8) is 0 Å². The van der Waals surface area contributed by atoms with Crippen LogP contribution < -0.4 is 20.7 Å². The van der Waals surface area contributed by atoms with E-state index in [1.54, 1.807) is 20.1 Å². The Morgan fingerprint density at radius 1 is 1.11 bits per heavy atom. The highest BCUT2D eigenvalue weighted by molar-refractivity contribution is 5.80. The van der Waals surface area contributed by atoms with E-state index in [0.29, 0.717) is 54.8 Å². The first-order valence-electron chi connectivity index (χ1n) is 15.5. The molecule has 0 fully saturated rings. The van der Waals surface area contributed by atoms with Crippen molar-refractivity contribution in [2.75, 3.05) is 11.9 Å². The minimum absolute atomic E-state index is 0.0178. The number of hydrogen-bond donors (Lipinski definition) is 4. The van der Waals surface area contributed by atoms with E-state index in [0.717, 1.165) is 28.1 Å². The lowest BCUT2D eigenvalue weighted by molar-refractivity contribution is -0.131. The van der Waals surface area contributed by atoms with Gasteiger partial charge in [0, 0.05) is 17.8 Å². The van der Waals surface area contributed by atoms with Crippen LogP contribution in [0.1, 0.15) is 74.7 Å². The highest BCUT2D eigenvalue weighted by Crippen LogP contribution is 2.59. The summed E-state index contributed by atoms with van der Waals surface area (Å²) in [6.45, 7) is 9.93. The number of aryl methyl sites for hydroxylation is 1. The van der Waals surface area contributed by atoms with E-state index in [-0.39, 0.29) is 17.7 Å². The minimum atomic E-state index is -1.06. The molecule has 4 N–H and O–H groups in total. The average molecular weight is 614 g/mol. The molecule has 0 saturated carbocycles. The highest BCUT2D eigenvalue weighted by Gasteiger charge is 2.61. The molecule has 4 heterocycles. The van der Waals surface area contributed by atoms with Crippen LogP contribution in [0.4, 0.5) is 5.69 Å². The number of carbonyl (C=O) groups excluding carboxylic acids is 2. The zero-order valence-electron chi connectivity index (χ0n) is 26.1. The van der Waals surface area contributed by atoms with Crippen LogP contribution in [0.5, 0.6) is 5.75 Å². The van der Waals surface area contributed by atoms with E-state index in [4.69, 9.17) is 23.5 Å². The van der Waals surface area contributed by atoms with Gasteiger partial charge in [-0.15, -0.1) is 0 Å². The van der Waals surface area contributed by atoms with Gasteiger partial charge in [-0.05, 0) is 47.9 Å². The van der Waals surface area contributed by atoms with E-state index in [1.807, 2.05) is 57.2 Å². The molecule has 0 saturated heterocycles. The van der Waals surface area contributed by atoms with Crippen molar-refractivity contribution in [2.24, 2.45) is 11.8 Å². The molecule has 0 aliphatic carbocycles. The van der Waals surface area contributed by atoms with Crippen LogP contribution in [0.2, 0.25) is 0 Å². The molecule has 2 aromatic carbocycles. The molecule has 45 heavy (non-hydrogen) atoms. The number of aliphatic hydroxyl groups is 1. The van der Waals surface area contributed by atoms with Crippen LogP contribution in [0.25, 0.3) is 11.6 Å². The summed E-state index contributed by atoms with van der Waals surface area (Å²) in [7, 11) is 0. The third kappa shape index (κ3) is 5.14. The van der Waals surface area contributed by atoms with Gasteiger partial charge >= 0.3 is 0 Å². The largest absolute Gasteiger partial charge is 0.469 e. The van der Waals surface area contributed by atoms with Crippen LogP contribution in [-0.2, 0) is 27.8 Å². The summed E-state index contributed by atoms with van der Waals surface area (Å²) < 4.78 is 19.3. The van der Waals surface area contributed by atoms with Gasteiger partial charge in [0.05, 0.1) is 5.69 Å². The van der Waals surface area contributed by atoms with Crippen molar-refractivity contribution in [3.8, 4) is 17.3 Å². The van der Waals surface area contributed by atoms with Crippen LogP contribution in [0.3, 0.4) is 0 Å². The fourth-order valence-corrected chi connectivity index (χ4v) is 6.20. The molecule has 2 aliphatic rings. The first-order valence-corrected chi connectivity index (χ1v) is 15.5. The summed E-state index contributed by atoms with van der Waals surface area (Å²) in [5.74, 6) is 1.25. The van der Waals surface area contributed by atoms with Gasteiger partial charge in [0.15, 0.2) is 17.7 Å². The van der Waals surface area contributed by atoms with Crippen molar-refractivity contribution in [1.82, 2.24) is 20.6 Å². The van der Waals surface area contributed by atoms with Gasteiger partial charge in [-0.2, -0.15) is 0 Å². The molecule has 6 rings (SSSR count). The van der Waals surface area contributed by atoms with Crippen molar-refractivity contribution >= 4 is 18.0 Å². The fraction of sp³-hybridized carbons (Fsp3) is 0.412. The molecule has 2 aliphatic heterocycles. The van der Waals surface area contributed by atoms with Gasteiger partial charge in [0.25, 0.3) is 0 Å². The molecule has 236 valence electrons. The summed E-state index contributed by atoms with van der Waals surface area (Å²) in [4.78, 5) is 33.7. The number of amides is 2. The van der Waals surface area contributed by atoms with E-state index in [1.165, 1.54) is 0 Å². The van der Waals surface area contributed by atoms with Gasteiger partial charge in [-0.3, -0.25) is 9.59 Å². The first kappa shape index (κ1) is 30.4. The molecule has 2 amide bonds. The number of oxazole rings is 2. The molecule has 0 spiro atoms. The highest BCUT2D eigenvalue weighted by atomic mass is 16.5. The second-order valence-electron chi connectivity index (χ2n) is 12.3. The Morgan fingerprint density at radius 2 is 1.91 bits per heavy atom. The molecular formula is C34H39N5O6. The number of nitrogens with one attached hydrogen (secondary N) is 3. The summed E-state index contributed by atoms with van der Waals surface area (Å²) in [6, 6.07) is 13.5. The van der Waals surface area contributed by atoms with Crippen molar-refractivity contribution in [3.05, 3.63) is 82.8 Å². The van der Waals surface area contributed by atoms with Gasteiger partial charge < -0.3 is 34.6 Å². The van der Waals surface area contributed by atoms with Crippen LogP contribution in [0, 0.1) is 11.8 Å². The molecule has 4 unspecified atom stereocenters. The lowest BCUT2D eigenvalue weighted by Crippen LogP contribution is -2.40. The zero-order valence-corrected chi connectivity index (χ0v) is 26.1. The Labute approximate surface area is 261 Å². The summed E-state index contributed by atoms with van der Waals surface area (Å²) in [5, 5.41) is 19.4. The predicted octanol–water partition coefficient (Wildman–Crippen LogP) is 4.49. The topological polar surface area (TPSA) is 152 Å².